The van der Waals surface area contributed by atoms with Gasteiger partial charge in [-0.15, -0.1) is 0 Å². The lowest BCUT2D eigenvalue weighted by atomic mass is 10.4. The molecule has 0 aromatic heterocycles. The lowest BCUT2D eigenvalue weighted by molar-refractivity contribution is -0.128. The number of carbonyl (C=O) groups is 1. The summed E-state index contributed by atoms with van der Waals surface area (Å²) in [4.78, 5) is 14.0. The van der Waals surface area contributed by atoms with E-state index in [2.05, 4.69) is 28.6 Å². The molecule has 0 radical (unpaired) electrons. The predicted molar refractivity (Wildman–Crippen MR) is 80.0 cm³/mol. The van der Waals surface area contributed by atoms with E-state index in [1.54, 1.807) is 6.92 Å². The molecule has 0 N–H and O–H groups in total. The first kappa shape index (κ1) is 22.6. The molecule has 0 spiro atoms. The second-order valence-electron chi connectivity index (χ2n) is 3.51. The van der Waals surface area contributed by atoms with E-state index in [0.717, 1.165) is 0 Å². The van der Waals surface area contributed by atoms with Crippen LogP contribution in [0.3, 0.4) is 0 Å². The molecule has 4 nitrogen and oxygen atoms in total. The van der Waals surface area contributed by atoms with Crippen molar-refractivity contribution >= 4 is 6.47 Å². The third-order valence-electron chi connectivity index (χ3n) is 2.18. The van der Waals surface area contributed by atoms with E-state index < -0.39 is 0 Å². The van der Waals surface area contributed by atoms with Crippen molar-refractivity contribution in [3.8, 4) is 0 Å². The molecule has 0 aromatic rings. The smallest absolute Gasteiger partial charge is 0.293 e. The minimum absolute atomic E-state index is 0.431. The Balaban J connectivity index is -0.000000215. The Morgan fingerprint density at radius 3 is 1.56 bits per heavy atom. The Morgan fingerprint density at radius 2 is 1.33 bits per heavy atom. The normalized spacial score (nSPS) is 15.5. The van der Waals surface area contributed by atoms with Crippen LogP contribution in [0.4, 0.5) is 0 Å². The van der Waals surface area contributed by atoms with Gasteiger partial charge in [0.05, 0.1) is 6.61 Å². The first-order valence-corrected chi connectivity index (χ1v) is 7.13. The maximum absolute atomic E-state index is 9.18. The summed E-state index contributed by atoms with van der Waals surface area (Å²) in [6.07, 6.45) is 1.33. The van der Waals surface area contributed by atoms with E-state index in [9.17, 15) is 4.79 Å². The highest BCUT2D eigenvalue weighted by atomic mass is 16.5. The molecule has 0 aliphatic carbocycles. The third-order valence-corrected chi connectivity index (χ3v) is 2.18. The van der Waals surface area contributed by atoms with Crippen LogP contribution in [0.25, 0.3) is 0 Å². The molecule has 1 heterocycles. The van der Waals surface area contributed by atoms with Crippen LogP contribution in [0.1, 0.15) is 41.0 Å². The highest BCUT2D eigenvalue weighted by Crippen LogP contribution is 1.96. The van der Waals surface area contributed by atoms with Crippen LogP contribution in [0.2, 0.25) is 0 Å². The van der Waals surface area contributed by atoms with Gasteiger partial charge in [-0.05, 0) is 40.5 Å². The van der Waals surface area contributed by atoms with Gasteiger partial charge in [0.1, 0.15) is 0 Å². The molecule has 1 rings (SSSR count). The fourth-order valence-corrected chi connectivity index (χ4v) is 1.24. The minimum atomic E-state index is 0.431. The molecular weight excluding hydrogens is 228 g/mol. The van der Waals surface area contributed by atoms with Crippen molar-refractivity contribution < 1.29 is 9.53 Å². The van der Waals surface area contributed by atoms with Gasteiger partial charge in [-0.1, -0.05) is 27.7 Å². The highest BCUT2D eigenvalue weighted by molar-refractivity contribution is 5.36. The zero-order valence-corrected chi connectivity index (χ0v) is 13.5. The van der Waals surface area contributed by atoms with Crippen molar-refractivity contribution in [1.82, 2.24) is 9.80 Å². The van der Waals surface area contributed by atoms with Crippen molar-refractivity contribution in [2.24, 2.45) is 0 Å². The molecule has 112 valence electrons. The quantitative estimate of drug-likeness (QED) is 0.716. The Hall–Kier alpha value is -0.610. The molecule has 0 aromatic carbocycles. The molecule has 1 fully saturated rings. The van der Waals surface area contributed by atoms with Crippen LogP contribution in [-0.2, 0) is 9.53 Å². The SMILES string of the molecule is CC.CC.CCOC=O.CN1CCCN(C)CC1. The van der Waals surface area contributed by atoms with E-state index in [0.29, 0.717) is 13.1 Å². The van der Waals surface area contributed by atoms with Gasteiger partial charge in [-0.3, -0.25) is 4.79 Å². The van der Waals surface area contributed by atoms with E-state index in [1.165, 1.54) is 32.6 Å². The van der Waals surface area contributed by atoms with Gasteiger partial charge in [-0.25, -0.2) is 0 Å². The van der Waals surface area contributed by atoms with Gasteiger partial charge in [0, 0.05) is 13.1 Å². The summed E-state index contributed by atoms with van der Waals surface area (Å²) in [5.74, 6) is 0. The van der Waals surface area contributed by atoms with Crippen molar-refractivity contribution in [2.75, 3.05) is 46.9 Å². The van der Waals surface area contributed by atoms with Crippen molar-refractivity contribution in [3.63, 3.8) is 0 Å². The average Bonchev–Trinajstić information content (AvgIpc) is 2.61. The number of ether oxygens (including phenoxy) is 1. The molecule has 4 heteroatoms. The number of rotatable bonds is 2. The lowest BCUT2D eigenvalue weighted by Gasteiger charge is -2.13. The van der Waals surface area contributed by atoms with Crippen molar-refractivity contribution in [2.45, 2.75) is 41.0 Å². The summed E-state index contributed by atoms with van der Waals surface area (Å²) in [5, 5.41) is 0. The van der Waals surface area contributed by atoms with Crippen LogP contribution in [0, 0.1) is 0 Å². The zero-order chi connectivity index (χ0) is 14.8. The topological polar surface area (TPSA) is 32.8 Å². The molecule has 1 aliphatic rings. The summed E-state index contributed by atoms with van der Waals surface area (Å²) in [7, 11) is 4.39. The number of hydrogen-bond acceptors (Lipinski definition) is 4. The van der Waals surface area contributed by atoms with Gasteiger partial charge in [0.2, 0.25) is 0 Å². The minimum Gasteiger partial charge on any atom is -0.468 e. The van der Waals surface area contributed by atoms with Crippen LogP contribution < -0.4 is 0 Å². The fourth-order valence-electron chi connectivity index (χ4n) is 1.24. The first-order valence-electron chi connectivity index (χ1n) is 7.13. The monoisotopic (exact) mass is 262 g/mol. The van der Waals surface area contributed by atoms with Crippen LogP contribution in [0.15, 0.2) is 0 Å². The van der Waals surface area contributed by atoms with E-state index in [-0.39, 0.29) is 0 Å². The van der Waals surface area contributed by atoms with Gasteiger partial charge < -0.3 is 14.5 Å². The molecule has 1 saturated heterocycles. The number of hydrogen-bond donors (Lipinski definition) is 0. The number of likely N-dealkylation sites (N-methyl/N-ethyl adjacent to an activating group) is 2. The van der Waals surface area contributed by atoms with Gasteiger partial charge in [0.25, 0.3) is 6.47 Å². The largest absolute Gasteiger partial charge is 0.468 e. The standard InChI is InChI=1S/C7H16N2.C3H6O2.2C2H6/c1-8-4-3-5-9(2)7-6-8;1-2-5-3-4;2*1-2/h3-7H2,1-2H3;3H,2H2,1H3;2*1-2H3. The molecule has 1 aliphatic heterocycles. The van der Waals surface area contributed by atoms with E-state index >= 15 is 0 Å². The predicted octanol–water partition coefficient (Wildman–Crippen LogP) is 2.49. The van der Waals surface area contributed by atoms with E-state index in [1.807, 2.05) is 27.7 Å². The fraction of sp³-hybridized carbons (Fsp3) is 0.929. The van der Waals surface area contributed by atoms with Crippen LogP contribution >= 0.6 is 0 Å². The van der Waals surface area contributed by atoms with Gasteiger partial charge in [-0.2, -0.15) is 0 Å². The summed E-state index contributed by atoms with van der Waals surface area (Å²) in [6.45, 7) is 15.7. The van der Waals surface area contributed by atoms with Crippen molar-refractivity contribution in [1.29, 1.82) is 0 Å². The van der Waals surface area contributed by atoms with E-state index in [4.69, 9.17) is 0 Å². The van der Waals surface area contributed by atoms with Crippen LogP contribution in [0.5, 0.6) is 0 Å². The Morgan fingerprint density at radius 1 is 0.944 bits per heavy atom. The molecular formula is C14H34N2O2. The Bertz CT molecular complexity index is 134. The molecule has 0 unspecified atom stereocenters. The molecule has 0 atom stereocenters. The number of nitrogens with zero attached hydrogens (tertiary/aromatic N) is 2. The van der Waals surface area contributed by atoms with Crippen molar-refractivity contribution in [3.05, 3.63) is 0 Å². The number of carbonyl (C=O) groups excluding carboxylic acids is 1. The molecule has 18 heavy (non-hydrogen) atoms. The Labute approximate surface area is 114 Å². The summed E-state index contributed by atoms with van der Waals surface area (Å²) < 4.78 is 4.15. The first-order chi connectivity index (χ1) is 8.70. The zero-order valence-electron chi connectivity index (χ0n) is 13.5. The third kappa shape index (κ3) is 20.8. The maximum Gasteiger partial charge on any atom is 0.293 e. The Kier molecular flexibility index (Phi) is 27.1. The maximum atomic E-state index is 9.18. The molecule has 0 amide bonds. The van der Waals surface area contributed by atoms with Crippen LogP contribution in [-0.4, -0.2) is 63.2 Å². The summed E-state index contributed by atoms with van der Waals surface area (Å²) in [5.41, 5.74) is 0. The summed E-state index contributed by atoms with van der Waals surface area (Å²) in [6, 6.07) is 0. The second-order valence-corrected chi connectivity index (χ2v) is 3.51. The highest BCUT2D eigenvalue weighted by Gasteiger charge is 2.06. The lowest BCUT2D eigenvalue weighted by Crippen LogP contribution is -2.25. The second kappa shape index (κ2) is 21.7. The summed E-state index contributed by atoms with van der Waals surface area (Å²) >= 11 is 0. The molecule has 0 bridgehead atoms. The molecule has 0 saturated carbocycles. The van der Waals surface area contributed by atoms with Gasteiger partial charge >= 0.3 is 0 Å². The van der Waals surface area contributed by atoms with Gasteiger partial charge in [0.15, 0.2) is 0 Å². The average molecular weight is 262 g/mol.